The van der Waals surface area contributed by atoms with Gasteiger partial charge in [0.15, 0.2) is 0 Å². The predicted octanol–water partition coefficient (Wildman–Crippen LogP) is 8.27. The van der Waals surface area contributed by atoms with E-state index in [9.17, 15) is 4.79 Å². The van der Waals surface area contributed by atoms with Crippen LogP contribution in [-0.2, 0) is 9.53 Å². The van der Waals surface area contributed by atoms with Gasteiger partial charge in [0.1, 0.15) is 5.78 Å². The monoisotopic (exact) mass is 408 g/mol. The molecular formula is C27H52O2. The van der Waals surface area contributed by atoms with Gasteiger partial charge in [0, 0.05) is 26.6 Å². The summed E-state index contributed by atoms with van der Waals surface area (Å²) in [7, 11) is 3.25. The number of rotatable bonds is 3. The fourth-order valence-corrected chi connectivity index (χ4v) is 4.32. The Morgan fingerprint density at radius 2 is 1.69 bits per heavy atom. The molecule has 2 aliphatic carbocycles. The summed E-state index contributed by atoms with van der Waals surface area (Å²) in [6.07, 6.45) is 15.4. The summed E-state index contributed by atoms with van der Waals surface area (Å²) in [4.78, 5) is 12.1. The first kappa shape index (κ1) is 30.3. The fourth-order valence-electron chi connectivity index (χ4n) is 4.32. The van der Waals surface area contributed by atoms with E-state index in [1.807, 2.05) is 20.8 Å². The van der Waals surface area contributed by atoms with Gasteiger partial charge in [0.2, 0.25) is 0 Å². The topological polar surface area (TPSA) is 26.3 Å². The van der Waals surface area contributed by atoms with Crippen LogP contribution in [0.15, 0.2) is 24.3 Å². The first-order valence-corrected chi connectivity index (χ1v) is 11.8. The Balaban J connectivity index is 0. The highest BCUT2D eigenvalue weighted by molar-refractivity contribution is 5.83. The summed E-state index contributed by atoms with van der Waals surface area (Å²) in [5.74, 6) is 2.17. The van der Waals surface area contributed by atoms with E-state index in [-0.39, 0.29) is 5.41 Å². The van der Waals surface area contributed by atoms with Gasteiger partial charge < -0.3 is 4.74 Å². The van der Waals surface area contributed by atoms with Crippen molar-refractivity contribution in [3.05, 3.63) is 24.3 Å². The largest absolute Gasteiger partial charge is 0.388 e. The molecule has 1 unspecified atom stereocenters. The van der Waals surface area contributed by atoms with Crippen LogP contribution in [0.25, 0.3) is 0 Å². The van der Waals surface area contributed by atoms with E-state index in [1.165, 1.54) is 19.3 Å². The highest BCUT2D eigenvalue weighted by atomic mass is 16.4. The minimum Gasteiger partial charge on any atom is -0.388 e. The third kappa shape index (κ3) is 11.2. The molecule has 0 amide bonds. The first-order valence-electron chi connectivity index (χ1n) is 11.8. The summed E-state index contributed by atoms with van der Waals surface area (Å²) in [6, 6.07) is 0. The zero-order valence-electron chi connectivity index (χ0n) is 21.6. The Labute approximate surface area is 183 Å². The summed E-state index contributed by atoms with van der Waals surface area (Å²) in [5, 5.41) is 0. The Morgan fingerprint density at radius 3 is 2.14 bits per heavy atom. The van der Waals surface area contributed by atoms with Gasteiger partial charge in [-0.3, -0.25) is 4.79 Å². The van der Waals surface area contributed by atoms with E-state index in [4.69, 9.17) is 0 Å². The number of methoxy groups -OCH3 is 1. The van der Waals surface area contributed by atoms with Crippen molar-refractivity contribution < 1.29 is 9.53 Å². The Kier molecular flexibility index (Phi) is 16.6. The number of ketones is 1. The van der Waals surface area contributed by atoms with Gasteiger partial charge in [-0.25, -0.2) is 0 Å². The average Bonchev–Trinajstić information content (AvgIpc) is 3.02. The van der Waals surface area contributed by atoms with Crippen LogP contribution in [0.5, 0.6) is 0 Å². The molecule has 2 heteroatoms. The molecule has 0 bridgehead atoms. The molecule has 0 aromatic carbocycles. The molecule has 2 nitrogen and oxygen atoms in total. The molecular weight excluding hydrogens is 356 g/mol. The molecule has 0 heterocycles. The van der Waals surface area contributed by atoms with Gasteiger partial charge in [-0.15, -0.1) is 0 Å². The Morgan fingerprint density at radius 1 is 1.17 bits per heavy atom. The smallest absolute Gasteiger partial charge is 0.136 e. The van der Waals surface area contributed by atoms with E-state index in [0.717, 1.165) is 19.3 Å². The molecule has 2 aliphatic rings. The van der Waals surface area contributed by atoms with Crippen LogP contribution in [0, 0.1) is 28.6 Å². The normalized spacial score (nSPS) is 27.2. The van der Waals surface area contributed by atoms with Crippen molar-refractivity contribution in [3.8, 4) is 0 Å². The molecule has 0 radical (unpaired) electrons. The lowest BCUT2D eigenvalue weighted by Gasteiger charge is -2.41. The molecule has 0 spiro atoms. The number of carbonyl (C=O) groups is 1. The van der Waals surface area contributed by atoms with Crippen LogP contribution >= 0.6 is 0 Å². The number of hydrogen-bond acceptors (Lipinski definition) is 2. The molecule has 2 rings (SSSR count). The van der Waals surface area contributed by atoms with Crippen molar-refractivity contribution in [1.82, 2.24) is 0 Å². The quantitative estimate of drug-likeness (QED) is 0.439. The van der Waals surface area contributed by atoms with Crippen molar-refractivity contribution in [2.24, 2.45) is 28.6 Å². The van der Waals surface area contributed by atoms with Crippen molar-refractivity contribution in [2.75, 3.05) is 14.2 Å². The second-order valence-electron chi connectivity index (χ2n) is 9.65. The van der Waals surface area contributed by atoms with Crippen LogP contribution < -0.4 is 0 Å². The Hall–Kier alpha value is -0.890. The molecule has 172 valence electrons. The van der Waals surface area contributed by atoms with Crippen LogP contribution in [0.1, 0.15) is 101 Å². The fraction of sp³-hybridized carbons (Fsp3) is 0.815. The lowest BCUT2D eigenvalue weighted by molar-refractivity contribution is -0.129. The third-order valence-corrected chi connectivity index (χ3v) is 6.35. The summed E-state index contributed by atoms with van der Waals surface area (Å²) in [5.41, 5.74) is 0.815. The van der Waals surface area contributed by atoms with E-state index in [1.54, 1.807) is 14.2 Å². The molecule has 2 saturated carbocycles. The van der Waals surface area contributed by atoms with Crippen molar-refractivity contribution >= 4 is 5.78 Å². The number of carbonyl (C=O) groups excluding carboxylic acids is 1. The van der Waals surface area contributed by atoms with E-state index in [0.29, 0.717) is 29.0 Å². The number of Topliss-reactive ketones (excluding diaryl/α,β-unsaturated/α-hetero) is 1. The highest BCUT2D eigenvalue weighted by Gasteiger charge is 2.51. The van der Waals surface area contributed by atoms with Crippen LogP contribution in [0.2, 0.25) is 0 Å². The van der Waals surface area contributed by atoms with Crippen molar-refractivity contribution in [1.29, 1.82) is 0 Å². The lowest BCUT2D eigenvalue weighted by Crippen LogP contribution is -2.39. The minimum atomic E-state index is 0.273. The summed E-state index contributed by atoms with van der Waals surface area (Å²) in [6.45, 7) is 19.7. The highest BCUT2D eigenvalue weighted by Crippen LogP contribution is 2.56. The summed E-state index contributed by atoms with van der Waals surface area (Å²) < 4.78 is 4.25. The maximum absolute atomic E-state index is 12.1. The van der Waals surface area contributed by atoms with Crippen LogP contribution in [0.4, 0.5) is 0 Å². The summed E-state index contributed by atoms with van der Waals surface area (Å²) >= 11 is 0. The van der Waals surface area contributed by atoms with Gasteiger partial charge in [-0.1, -0.05) is 86.1 Å². The standard InChI is InChI=1S/C17H26O.C6H14.C2H6O.C2H6/c1-4-5-6-8-13(2)14-10-11-15-16(18)9-7-12-17(14,15)3;1-5-6(2,3)4;1-3-2;1-2/h4-6,8,13-15H,7,9-12H2,1-3H3;5H2,1-4H3;1-2H3;1-2H3/b5-4+,8-6+;;;/t13-,14-,15+,17?;;;/m1.../s1. The SMILES string of the molecule is C/C=C/C=C/[C@@H](C)[C@H]1CC[C@H]2C(=O)CCCC12C.CC.CCC(C)(C)C.COC. The molecule has 0 saturated heterocycles. The van der Waals surface area contributed by atoms with Crippen LogP contribution in [0.3, 0.4) is 0 Å². The molecule has 4 atom stereocenters. The average molecular weight is 409 g/mol. The maximum Gasteiger partial charge on any atom is 0.136 e. The van der Waals surface area contributed by atoms with Gasteiger partial charge >= 0.3 is 0 Å². The van der Waals surface area contributed by atoms with Crippen molar-refractivity contribution in [2.45, 2.75) is 101 Å². The molecule has 29 heavy (non-hydrogen) atoms. The van der Waals surface area contributed by atoms with Gasteiger partial charge in [-0.05, 0) is 55.3 Å². The molecule has 0 aromatic rings. The zero-order valence-corrected chi connectivity index (χ0v) is 21.6. The van der Waals surface area contributed by atoms with Crippen molar-refractivity contribution in [3.63, 3.8) is 0 Å². The second-order valence-corrected chi connectivity index (χ2v) is 9.65. The lowest BCUT2D eigenvalue weighted by atomic mass is 9.62. The molecule has 2 fully saturated rings. The number of fused-ring (bicyclic) bond motifs is 1. The van der Waals surface area contributed by atoms with Gasteiger partial charge in [-0.2, -0.15) is 0 Å². The number of allylic oxidation sites excluding steroid dienone is 4. The van der Waals surface area contributed by atoms with Gasteiger partial charge in [0.05, 0.1) is 0 Å². The van der Waals surface area contributed by atoms with Gasteiger partial charge in [0.25, 0.3) is 0 Å². The Bertz CT molecular complexity index is 469. The van der Waals surface area contributed by atoms with E-state index < -0.39 is 0 Å². The first-order chi connectivity index (χ1) is 13.6. The minimum absolute atomic E-state index is 0.273. The van der Waals surface area contributed by atoms with E-state index in [2.05, 4.69) is 70.6 Å². The molecule has 0 N–H and O–H groups in total. The number of ether oxygens (including phenoxy) is 1. The second kappa shape index (κ2) is 15.9. The third-order valence-electron chi connectivity index (χ3n) is 6.35. The predicted molar refractivity (Wildman–Crippen MR) is 130 cm³/mol. The molecule has 0 aliphatic heterocycles. The molecule has 0 aromatic heterocycles. The zero-order chi connectivity index (χ0) is 23.1. The van der Waals surface area contributed by atoms with E-state index >= 15 is 0 Å². The maximum atomic E-state index is 12.1. The number of hydrogen-bond donors (Lipinski definition) is 0. The van der Waals surface area contributed by atoms with Crippen LogP contribution in [-0.4, -0.2) is 20.0 Å².